The molecule has 7 nitrogen and oxygen atoms in total. The van der Waals surface area contributed by atoms with Crippen molar-refractivity contribution < 1.29 is 19.1 Å². The molecule has 2 aromatic rings. The number of hydrogen-bond donors (Lipinski definition) is 2. The van der Waals surface area contributed by atoms with Gasteiger partial charge in [0.1, 0.15) is 18.1 Å². The van der Waals surface area contributed by atoms with Crippen LogP contribution in [0.3, 0.4) is 0 Å². The van der Waals surface area contributed by atoms with Crippen molar-refractivity contribution in [3.63, 3.8) is 0 Å². The molecule has 0 heterocycles. The maximum Gasteiger partial charge on any atom is 0.259 e. The molecule has 0 radical (unpaired) electrons. The lowest BCUT2D eigenvalue weighted by Crippen LogP contribution is -2.34. The number of rotatable bonds is 9. The first kappa shape index (κ1) is 21.2. The number of ether oxygens (including phenoxy) is 2. The van der Waals surface area contributed by atoms with E-state index < -0.39 is 5.91 Å². The number of benzene rings is 2. The van der Waals surface area contributed by atoms with Crippen molar-refractivity contribution >= 4 is 34.0 Å². The summed E-state index contributed by atoms with van der Waals surface area (Å²) in [6.45, 7) is 3.75. The lowest BCUT2D eigenvalue weighted by Gasteiger charge is -2.07. The number of carbonyl (C=O) groups is 2. The Morgan fingerprint density at radius 3 is 2.64 bits per heavy atom. The predicted molar refractivity (Wildman–Crippen MR) is 111 cm³/mol. The quantitative estimate of drug-likeness (QED) is 0.352. The number of nitrogens with one attached hydrogen (secondary N) is 2. The zero-order valence-electron chi connectivity index (χ0n) is 15.3. The second-order valence-electron chi connectivity index (χ2n) is 5.49. The maximum atomic E-state index is 12.0. The fourth-order valence-corrected chi connectivity index (χ4v) is 2.50. The highest BCUT2D eigenvalue weighted by Crippen LogP contribution is 2.21. The van der Waals surface area contributed by atoms with Gasteiger partial charge in [-0.05, 0) is 42.5 Å². The monoisotopic (exact) mass is 445 g/mol. The number of methoxy groups -OCH3 is 1. The van der Waals surface area contributed by atoms with E-state index in [0.717, 1.165) is 4.47 Å². The van der Waals surface area contributed by atoms with E-state index in [-0.39, 0.29) is 12.5 Å². The fourth-order valence-electron chi connectivity index (χ4n) is 2.12. The Balaban J connectivity index is 1.87. The van der Waals surface area contributed by atoms with Crippen LogP contribution < -0.4 is 20.2 Å². The minimum Gasteiger partial charge on any atom is -0.497 e. The van der Waals surface area contributed by atoms with Crippen molar-refractivity contribution in [3.05, 3.63) is 70.7 Å². The van der Waals surface area contributed by atoms with Crippen molar-refractivity contribution in [2.75, 3.05) is 20.3 Å². The van der Waals surface area contributed by atoms with Gasteiger partial charge in [-0.1, -0.05) is 28.6 Å². The van der Waals surface area contributed by atoms with E-state index in [2.05, 4.69) is 38.4 Å². The number of hydrogen-bond acceptors (Lipinski definition) is 5. The van der Waals surface area contributed by atoms with Crippen molar-refractivity contribution in [1.82, 2.24) is 10.7 Å². The van der Waals surface area contributed by atoms with Crippen molar-refractivity contribution in [1.29, 1.82) is 0 Å². The molecule has 0 bridgehead atoms. The molecule has 2 N–H and O–H groups in total. The van der Waals surface area contributed by atoms with E-state index in [1.165, 1.54) is 6.21 Å². The minimum absolute atomic E-state index is 0.208. The summed E-state index contributed by atoms with van der Waals surface area (Å²) in [5.41, 5.74) is 3.47. The van der Waals surface area contributed by atoms with Gasteiger partial charge in [0.05, 0.1) is 19.9 Å². The molecule has 0 atom stereocenters. The molecule has 0 fully saturated rings. The van der Waals surface area contributed by atoms with Crippen LogP contribution in [0.15, 0.2) is 64.7 Å². The molecular weight excluding hydrogens is 426 g/mol. The highest BCUT2D eigenvalue weighted by atomic mass is 79.9. The molecular formula is C20H20BrN3O4. The van der Waals surface area contributed by atoms with Gasteiger partial charge >= 0.3 is 0 Å². The molecule has 2 aromatic carbocycles. The van der Waals surface area contributed by atoms with Crippen molar-refractivity contribution in [2.45, 2.75) is 0 Å². The summed E-state index contributed by atoms with van der Waals surface area (Å²) >= 11 is 3.38. The largest absolute Gasteiger partial charge is 0.497 e. The van der Waals surface area contributed by atoms with Gasteiger partial charge in [-0.2, -0.15) is 5.10 Å². The number of halogens is 1. The number of carbonyl (C=O) groups excluding carboxylic acids is 2. The van der Waals surface area contributed by atoms with Crippen LogP contribution in [0.2, 0.25) is 0 Å². The average Bonchev–Trinajstić information content (AvgIpc) is 2.71. The molecule has 0 aliphatic heterocycles. The van der Waals surface area contributed by atoms with E-state index >= 15 is 0 Å². The molecule has 146 valence electrons. The molecule has 0 saturated carbocycles. The first-order valence-corrected chi connectivity index (χ1v) is 9.10. The summed E-state index contributed by atoms with van der Waals surface area (Å²) in [4.78, 5) is 23.9. The van der Waals surface area contributed by atoms with Crippen LogP contribution in [0.5, 0.6) is 11.5 Å². The average molecular weight is 446 g/mol. The smallest absolute Gasteiger partial charge is 0.259 e. The molecule has 2 amide bonds. The predicted octanol–water partition coefficient (Wildman–Crippen LogP) is 2.90. The number of hydrazone groups is 1. The zero-order chi connectivity index (χ0) is 20.4. The van der Waals surface area contributed by atoms with Gasteiger partial charge in [0.2, 0.25) is 0 Å². The lowest BCUT2D eigenvalue weighted by molar-refractivity contribution is -0.120. The van der Waals surface area contributed by atoms with Gasteiger partial charge in [-0.3, -0.25) is 9.59 Å². The van der Waals surface area contributed by atoms with Gasteiger partial charge in [0.25, 0.3) is 11.8 Å². The van der Waals surface area contributed by atoms with E-state index in [1.54, 1.807) is 49.6 Å². The molecule has 0 saturated heterocycles. The fraction of sp³-hybridized carbons (Fsp3) is 0.150. The second-order valence-corrected chi connectivity index (χ2v) is 6.40. The van der Waals surface area contributed by atoms with Crippen LogP contribution in [0, 0.1) is 0 Å². The third-order valence-electron chi connectivity index (χ3n) is 3.48. The first-order chi connectivity index (χ1) is 13.5. The van der Waals surface area contributed by atoms with Gasteiger partial charge < -0.3 is 14.8 Å². The van der Waals surface area contributed by atoms with Crippen LogP contribution in [-0.2, 0) is 4.79 Å². The Labute approximate surface area is 171 Å². The highest BCUT2D eigenvalue weighted by Gasteiger charge is 2.08. The molecule has 0 aliphatic rings. The van der Waals surface area contributed by atoms with Crippen LogP contribution in [0.25, 0.3) is 0 Å². The van der Waals surface area contributed by atoms with Crippen molar-refractivity contribution in [2.24, 2.45) is 5.10 Å². The summed E-state index contributed by atoms with van der Waals surface area (Å²) in [7, 11) is 1.54. The van der Waals surface area contributed by atoms with Crippen molar-refractivity contribution in [3.8, 4) is 11.5 Å². The molecule has 2 rings (SSSR count). The van der Waals surface area contributed by atoms with E-state index in [1.807, 2.05) is 6.07 Å². The summed E-state index contributed by atoms with van der Waals surface area (Å²) in [6.07, 6.45) is 3.10. The van der Waals surface area contributed by atoms with Crippen LogP contribution in [-0.4, -0.2) is 38.3 Å². The van der Waals surface area contributed by atoms with Gasteiger partial charge in [-0.25, -0.2) is 5.43 Å². The standard InChI is InChI=1S/C20H20BrN3O4/c1-3-10-28-18-9-6-16(21)11-15(18)12-23-24-19(25)13-22-20(26)14-4-7-17(27-2)8-5-14/h3-9,11-12H,1,10,13H2,2H3,(H,22,26)(H,24,25). The highest BCUT2D eigenvalue weighted by molar-refractivity contribution is 9.10. The third-order valence-corrected chi connectivity index (χ3v) is 3.98. The minimum atomic E-state index is -0.457. The Morgan fingerprint density at radius 2 is 1.96 bits per heavy atom. The molecule has 0 spiro atoms. The molecule has 0 aromatic heterocycles. The topological polar surface area (TPSA) is 89.0 Å². The first-order valence-electron chi connectivity index (χ1n) is 8.31. The molecule has 8 heteroatoms. The summed E-state index contributed by atoms with van der Waals surface area (Å²) in [5, 5.41) is 6.43. The van der Waals surface area contributed by atoms with Gasteiger partial charge in [0, 0.05) is 15.6 Å². The zero-order valence-corrected chi connectivity index (χ0v) is 16.9. The van der Waals surface area contributed by atoms with Crippen LogP contribution in [0.4, 0.5) is 0 Å². The van der Waals surface area contributed by atoms with Gasteiger partial charge in [-0.15, -0.1) is 0 Å². The Morgan fingerprint density at radius 1 is 1.21 bits per heavy atom. The number of nitrogens with zero attached hydrogens (tertiary/aromatic N) is 1. The SMILES string of the molecule is C=CCOc1ccc(Br)cc1C=NNC(=O)CNC(=O)c1ccc(OC)cc1. The summed E-state index contributed by atoms with van der Waals surface area (Å²) in [5.74, 6) is 0.428. The maximum absolute atomic E-state index is 12.0. The molecule has 0 aliphatic carbocycles. The Bertz CT molecular complexity index is 866. The summed E-state index contributed by atoms with van der Waals surface area (Å²) in [6, 6.07) is 12.0. The van der Waals surface area contributed by atoms with Gasteiger partial charge in [0.15, 0.2) is 0 Å². The van der Waals surface area contributed by atoms with Crippen LogP contribution in [0.1, 0.15) is 15.9 Å². The van der Waals surface area contributed by atoms with Crippen LogP contribution >= 0.6 is 15.9 Å². The second kappa shape index (κ2) is 10.9. The van der Waals surface area contributed by atoms with E-state index in [9.17, 15) is 9.59 Å². The third kappa shape index (κ3) is 6.55. The normalized spacial score (nSPS) is 10.4. The Kier molecular flexibility index (Phi) is 8.23. The lowest BCUT2D eigenvalue weighted by atomic mass is 10.2. The summed E-state index contributed by atoms with van der Waals surface area (Å²) < 4.78 is 11.4. The molecule has 0 unspecified atom stereocenters. The number of amides is 2. The molecule has 28 heavy (non-hydrogen) atoms. The van der Waals surface area contributed by atoms with E-state index in [4.69, 9.17) is 9.47 Å². The Hall–Kier alpha value is -3.13. The van der Waals surface area contributed by atoms with E-state index in [0.29, 0.717) is 29.2 Å².